The lowest BCUT2D eigenvalue weighted by atomic mass is 9.81. The quantitative estimate of drug-likeness (QED) is 0.148. The average molecular weight is 831 g/mol. The zero-order valence-electron chi connectivity index (χ0n) is 36.5. The largest absolute Gasteiger partial charge is 0.310 e. The Kier molecular flexibility index (Phi) is 9.21. The van der Waals surface area contributed by atoms with Gasteiger partial charge in [-0.05, 0) is 140 Å². The molecule has 65 heavy (non-hydrogen) atoms. The zero-order valence-corrected chi connectivity index (χ0v) is 36.5. The first-order chi connectivity index (χ1) is 32.0. The van der Waals surface area contributed by atoms with E-state index in [0.717, 1.165) is 17.1 Å². The van der Waals surface area contributed by atoms with Crippen LogP contribution in [0, 0.1) is 0 Å². The summed E-state index contributed by atoms with van der Waals surface area (Å²) >= 11 is 0. The molecule has 0 N–H and O–H groups in total. The van der Waals surface area contributed by atoms with Crippen molar-refractivity contribution in [2.24, 2.45) is 0 Å². The monoisotopic (exact) mass is 830 g/mol. The van der Waals surface area contributed by atoms with Crippen LogP contribution in [0.25, 0.3) is 83.1 Å². The van der Waals surface area contributed by atoms with Gasteiger partial charge in [0.05, 0.1) is 11.0 Å². The molecule has 0 saturated carbocycles. The Labute approximate surface area is 381 Å². The van der Waals surface area contributed by atoms with Crippen LogP contribution in [0.5, 0.6) is 0 Å². The van der Waals surface area contributed by atoms with Crippen LogP contribution in [-0.2, 0) is 5.41 Å². The lowest BCUT2D eigenvalue weighted by molar-refractivity contribution is 0.660. The summed E-state index contributed by atoms with van der Waals surface area (Å²) < 4.78 is 2.39. The number of para-hydroxylation sites is 2. The first-order valence-electron chi connectivity index (χ1n) is 22.6. The number of rotatable bonds is 8. The lowest BCUT2D eigenvalue weighted by Crippen LogP contribution is -2.16. The molecule has 1 aliphatic rings. The third kappa shape index (κ3) is 6.65. The van der Waals surface area contributed by atoms with Gasteiger partial charge in [-0.2, -0.15) is 0 Å². The molecule has 10 aromatic carbocycles. The van der Waals surface area contributed by atoms with E-state index in [1.54, 1.807) is 0 Å². The van der Waals surface area contributed by atoms with Crippen molar-refractivity contribution in [2.45, 2.75) is 19.3 Å². The molecule has 1 heterocycles. The molecule has 0 bridgehead atoms. The highest BCUT2D eigenvalue weighted by molar-refractivity contribution is 6.10. The molecule has 12 rings (SSSR count). The normalized spacial score (nSPS) is 12.6. The molecule has 0 unspecified atom stereocenters. The van der Waals surface area contributed by atoms with Gasteiger partial charge in [0, 0.05) is 38.9 Å². The molecule has 0 aliphatic heterocycles. The van der Waals surface area contributed by atoms with Crippen LogP contribution in [0.3, 0.4) is 0 Å². The number of hydrogen-bond acceptors (Lipinski definition) is 1. The van der Waals surface area contributed by atoms with Gasteiger partial charge >= 0.3 is 0 Å². The van der Waals surface area contributed by atoms with Crippen molar-refractivity contribution >= 4 is 38.9 Å². The molecule has 308 valence electrons. The number of anilines is 3. The van der Waals surface area contributed by atoms with E-state index in [1.165, 1.54) is 94.3 Å². The van der Waals surface area contributed by atoms with Crippen LogP contribution in [0.2, 0.25) is 0 Å². The van der Waals surface area contributed by atoms with Gasteiger partial charge in [0.2, 0.25) is 0 Å². The first kappa shape index (κ1) is 38.5. The van der Waals surface area contributed by atoms with Gasteiger partial charge in [0.25, 0.3) is 0 Å². The summed E-state index contributed by atoms with van der Waals surface area (Å²) in [5.41, 5.74) is 21.7. The Hall–Kier alpha value is -8.20. The molecule has 0 saturated heterocycles. The summed E-state index contributed by atoms with van der Waals surface area (Å²) in [5.74, 6) is 0. The van der Waals surface area contributed by atoms with Crippen LogP contribution in [0.1, 0.15) is 25.0 Å². The van der Waals surface area contributed by atoms with Crippen LogP contribution >= 0.6 is 0 Å². The second-order valence-corrected chi connectivity index (χ2v) is 17.8. The van der Waals surface area contributed by atoms with Crippen LogP contribution in [-0.4, -0.2) is 4.57 Å². The molecular formula is C63H46N2. The predicted octanol–water partition coefficient (Wildman–Crippen LogP) is 17.2. The van der Waals surface area contributed by atoms with Gasteiger partial charge in [0.1, 0.15) is 0 Å². The highest BCUT2D eigenvalue weighted by Gasteiger charge is 2.36. The molecule has 1 aromatic heterocycles. The summed E-state index contributed by atoms with van der Waals surface area (Å²) in [6.45, 7) is 4.77. The Bertz CT molecular complexity index is 3440. The van der Waals surface area contributed by atoms with Crippen molar-refractivity contribution in [1.29, 1.82) is 0 Å². The minimum atomic E-state index is -0.218. The molecule has 2 nitrogen and oxygen atoms in total. The maximum absolute atomic E-state index is 2.44. The summed E-state index contributed by atoms with van der Waals surface area (Å²) in [6, 6.07) is 88.8. The fourth-order valence-corrected chi connectivity index (χ4v) is 10.2. The molecule has 0 fully saturated rings. The topological polar surface area (TPSA) is 8.17 Å². The molecule has 0 spiro atoms. The van der Waals surface area contributed by atoms with Gasteiger partial charge in [0.15, 0.2) is 0 Å². The third-order valence-corrected chi connectivity index (χ3v) is 13.6. The van der Waals surface area contributed by atoms with E-state index in [9.17, 15) is 0 Å². The van der Waals surface area contributed by atoms with E-state index in [4.69, 9.17) is 0 Å². The number of aromatic nitrogens is 1. The van der Waals surface area contributed by atoms with Crippen LogP contribution in [0.4, 0.5) is 17.1 Å². The fraction of sp³-hybridized carbons (Fsp3) is 0.0476. The zero-order chi connectivity index (χ0) is 43.5. The van der Waals surface area contributed by atoms with E-state index in [-0.39, 0.29) is 5.41 Å². The molecule has 0 radical (unpaired) electrons. The van der Waals surface area contributed by atoms with E-state index in [0.29, 0.717) is 0 Å². The van der Waals surface area contributed by atoms with Gasteiger partial charge < -0.3 is 9.47 Å². The number of benzene rings is 10. The van der Waals surface area contributed by atoms with E-state index >= 15 is 0 Å². The predicted molar refractivity (Wildman–Crippen MR) is 275 cm³/mol. The second-order valence-electron chi connectivity index (χ2n) is 17.8. The molecule has 0 atom stereocenters. The molecule has 2 heteroatoms. The van der Waals surface area contributed by atoms with E-state index in [2.05, 4.69) is 266 Å². The average Bonchev–Trinajstić information content (AvgIpc) is 3.82. The van der Waals surface area contributed by atoms with Gasteiger partial charge in [-0.15, -0.1) is 0 Å². The van der Waals surface area contributed by atoms with Crippen LogP contribution < -0.4 is 4.90 Å². The Balaban J connectivity index is 0.901. The molecular weight excluding hydrogens is 785 g/mol. The summed E-state index contributed by atoms with van der Waals surface area (Å²) in [4.78, 5) is 2.40. The van der Waals surface area contributed by atoms with Gasteiger partial charge in [-0.25, -0.2) is 0 Å². The van der Waals surface area contributed by atoms with E-state index in [1.807, 2.05) is 0 Å². The summed E-state index contributed by atoms with van der Waals surface area (Å²) in [5, 5.41) is 2.53. The minimum Gasteiger partial charge on any atom is -0.310 e. The van der Waals surface area contributed by atoms with Crippen molar-refractivity contribution in [3.05, 3.63) is 254 Å². The highest BCUT2D eigenvalue weighted by atomic mass is 15.1. The molecule has 11 aromatic rings. The second kappa shape index (κ2) is 15.6. The first-order valence-corrected chi connectivity index (χ1v) is 22.6. The van der Waals surface area contributed by atoms with Crippen LogP contribution in [0.15, 0.2) is 243 Å². The summed E-state index contributed by atoms with van der Waals surface area (Å²) in [6.07, 6.45) is 0. The molecule has 0 amide bonds. The summed E-state index contributed by atoms with van der Waals surface area (Å²) in [7, 11) is 0. The van der Waals surface area contributed by atoms with Crippen molar-refractivity contribution < 1.29 is 0 Å². The lowest BCUT2D eigenvalue weighted by Gasteiger charge is -2.28. The van der Waals surface area contributed by atoms with Crippen molar-refractivity contribution in [3.8, 4) is 61.3 Å². The van der Waals surface area contributed by atoms with Gasteiger partial charge in [-0.1, -0.05) is 184 Å². The van der Waals surface area contributed by atoms with Crippen molar-refractivity contribution in [2.75, 3.05) is 4.90 Å². The fourth-order valence-electron chi connectivity index (χ4n) is 10.2. The maximum atomic E-state index is 2.44. The van der Waals surface area contributed by atoms with Crippen molar-refractivity contribution in [1.82, 2.24) is 4.57 Å². The number of hydrogen-bond donors (Lipinski definition) is 0. The standard InChI is InChI=1S/C63H46N2/c1-63(2)59-40-49(47-19-14-20-48(39-47)50-30-37-58-57-23-12-13-24-61(57)65(62(58)41-50)51-21-10-5-11-22-51)29-36-55(59)56-38-35-54(42-60(56)63)64(52-31-25-45(26-32-52)43-15-6-3-7-16-43)53-33-27-46(28-34-53)44-17-8-4-9-18-44/h3-42H,1-2H3. The Morgan fingerprint density at radius 2 is 0.738 bits per heavy atom. The van der Waals surface area contributed by atoms with Gasteiger partial charge in [-0.3, -0.25) is 0 Å². The Morgan fingerprint density at radius 1 is 0.308 bits per heavy atom. The maximum Gasteiger partial charge on any atom is 0.0547 e. The SMILES string of the molecule is CC1(C)c2cc(-c3cccc(-c4ccc5c6ccccc6n(-c6ccccc6)c5c4)c3)ccc2-c2ccc(N(c3ccc(-c4ccccc4)cc3)c3ccc(-c4ccccc4)cc3)cc21. The third-order valence-electron chi connectivity index (χ3n) is 13.6. The number of fused-ring (bicyclic) bond motifs is 6. The highest BCUT2D eigenvalue weighted by Crippen LogP contribution is 2.52. The molecule has 1 aliphatic carbocycles. The Morgan fingerprint density at radius 3 is 1.37 bits per heavy atom. The number of nitrogens with zero attached hydrogens (tertiary/aromatic N) is 2. The smallest absolute Gasteiger partial charge is 0.0547 e. The minimum absolute atomic E-state index is 0.218. The van der Waals surface area contributed by atoms with Crippen molar-refractivity contribution in [3.63, 3.8) is 0 Å². The van der Waals surface area contributed by atoms with E-state index < -0.39 is 0 Å².